The van der Waals surface area contributed by atoms with E-state index in [1.54, 1.807) is 0 Å². The molecule has 0 spiro atoms. The van der Waals surface area contributed by atoms with E-state index in [0.29, 0.717) is 0 Å². The zero-order valence-corrected chi connectivity index (χ0v) is 8.59. The molecule has 0 unspecified atom stereocenters. The second-order valence-electron chi connectivity index (χ2n) is 3.46. The van der Waals surface area contributed by atoms with E-state index in [9.17, 15) is 0 Å². The number of aryl methyl sites for hydroxylation is 2. The van der Waals surface area contributed by atoms with Gasteiger partial charge in [0.25, 0.3) is 5.82 Å². The van der Waals surface area contributed by atoms with E-state index in [0.717, 1.165) is 0 Å². The monoisotopic (exact) mass is 167 g/mol. The SMILES string of the molecule is CCCCc1n(C)c(C)c[n+]1C. The van der Waals surface area contributed by atoms with Crippen LogP contribution in [-0.4, -0.2) is 4.57 Å². The zero-order chi connectivity index (χ0) is 9.14. The van der Waals surface area contributed by atoms with Gasteiger partial charge >= 0.3 is 0 Å². The van der Waals surface area contributed by atoms with Gasteiger partial charge in [0.2, 0.25) is 0 Å². The molecule has 0 aliphatic carbocycles. The Hall–Kier alpha value is -0.790. The van der Waals surface area contributed by atoms with Gasteiger partial charge in [-0.3, -0.25) is 0 Å². The molecule has 1 heterocycles. The van der Waals surface area contributed by atoms with Crippen molar-refractivity contribution in [2.45, 2.75) is 33.1 Å². The Balaban J connectivity index is 2.82. The lowest BCUT2D eigenvalue weighted by atomic mass is 10.2. The number of rotatable bonds is 3. The highest BCUT2D eigenvalue weighted by Gasteiger charge is 2.13. The smallest absolute Gasteiger partial charge is 0.237 e. The van der Waals surface area contributed by atoms with Crippen LogP contribution in [0.2, 0.25) is 0 Å². The van der Waals surface area contributed by atoms with Gasteiger partial charge in [0.1, 0.15) is 11.9 Å². The predicted octanol–water partition coefficient (Wildman–Crippen LogP) is 1.50. The van der Waals surface area contributed by atoms with Gasteiger partial charge in [-0.2, -0.15) is 0 Å². The molecule has 0 saturated carbocycles. The minimum absolute atomic E-state index is 1.19. The maximum atomic E-state index is 2.27. The summed E-state index contributed by atoms with van der Waals surface area (Å²) in [6, 6.07) is 0. The highest BCUT2D eigenvalue weighted by molar-refractivity contribution is 4.95. The molecule has 1 rings (SSSR count). The van der Waals surface area contributed by atoms with Crippen LogP contribution in [0.3, 0.4) is 0 Å². The molecule has 2 heteroatoms. The van der Waals surface area contributed by atoms with Crippen molar-refractivity contribution in [3.05, 3.63) is 17.7 Å². The Bertz CT molecular complexity index is 261. The number of hydrogen-bond donors (Lipinski definition) is 0. The quantitative estimate of drug-likeness (QED) is 0.603. The minimum Gasteiger partial charge on any atom is -0.237 e. The van der Waals surface area contributed by atoms with Gasteiger partial charge in [0.05, 0.1) is 14.1 Å². The highest BCUT2D eigenvalue weighted by atomic mass is 15.1. The lowest BCUT2D eigenvalue weighted by Gasteiger charge is -1.96. The summed E-state index contributed by atoms with van der Waals surface area (Å²) in [5.74, 6) is 1.43. The number of hydrogen-bond acceptors (Lipinski definition) is 0. The molecule has 0 aliphatic heterocycles. The highest BCUT2D eigenvalue weighted by Crippen LogP contribution is 2.02. The van der Waals surface area contributed by atoms with Crippen molar-refractivity contribution in [2.75, 3.05) is 0 Å². The molecule has 0 bridgehead atoms. The lowest BCUT2D eigenvalue weighted by Crippen LogP contribution is -2.31. The summed E-state index contributed by atoms with van der Waals surface area (Å²) in [6.07, 6.45) is 5.93. The number of unbranched alkanes of at least 4 members (excludes halogenated alkanes) is 1. The van der Waals surface area contributed by atoms with Gasteiger partial charge in [0.15, 0.2) is 0 Å². The predicted molar refractivity (Wildman–Crippen MR) is 49.9 cm³/mol. The fourth-order valence-electron chi connectivity index (χ4n) is 1.56. The summed E-state index contributed by atoms with van der Waals surface area (Å²) in [4.78, 5) is 0. The molecular weight excluding hydrogens is 148 g/mol. The maximum Gasteiger partial charge on any atom is 0.256 e. The number of imidazole rings is 1. The van der Waals surface area contributed by atoms with Gasteiger partial charge in [-0.25, -0.2) is 9.13 Å². The molecule has 1 aromatic rings. The summed E-state index contributed by atoms with van der Waals surface area (Å²) < 4.78 is 4.50. The largest absolute Gasteiger partial charge is 0.256 e. The molecule has 68 valence electrons. The van der Waals surface area contributed by atoms with Crippen LogP contribution in [0, 0.1) is 6.92 Å². The van der Waals surface area contributed by atoms with E-state index in [2.05, 4.69) is 43.3 Å². The molecule has 0 atom stereocenters. The van der Waals surface area contributed by atoms with Crippen molar-refractivity contribution in [1.29, 1.82) is 0 Å². The summed E-state index contributed by atoms with van der Waals surface area (Å²) in [6.45, 7) is 4.38. The molecule has 0 aliphatic rings. The van der Waals surface area contributed by atoms with Gasteiger partial charge in [-0.15, -0.1) is 0 Å². The Labute approximate surface area is 74.8 Å². The van der Waals surface area contributed by atoms with Crippen LogP contribution >= 0.6 is 0 Å². The Morgan fingerprint density at radius 1 is 1.50 bits per heavy atom. The van der Waals surface area contributed by atoms with Gasteiger partial charge in [0, 0.05) is 13.3 Å². The summed E-state index contributed by atoms with van der Waals surface area (Å²) in [7, 11) is 4.26. The van der Waals surface area contributed by atoms with Gasteiger partial charge < -0.3 is 0 Å². The Kier molecular flexibility index (Phi) is 2.90. The van der Waals surface area contributed by atoms with Crippen molar-refractivity contribution in [3.63, 3.8) is 0 Å². The van der Waals surface area contributed by atoms with Crippen molar-refractivity contribution >= 4 is 0 Å². The van der Waals surface area contributed by atoms with E-state index in [1.807, 2.05) is 0 Å². The third-order valence-corrected chi connectivity index (χ3v) is 2.46. The van der Waals surface area contributed by atoms with Crippen LogP contribution < -0.4 is 4.57 Å². The topological polar surface area (TPSA) is 8.81 Å². The summed E-state index contributed by atoms with van der Waals surface area (Å²) in [5.41, 5.74) is 1.34. The third-order valence-electron chi connectivity index (χ3n) is 2.46. The van der Waals surface area contributed by atoms with E-state index in [4.69, 9.17) is 0 Å². The normalized spacial score (nSPS) is 10.7. The van der Waals surface area contributed by atoms with Crippen molar-refractivity contribution < 1.29 is 4.57 Å². The van der Waals surface area contributed by atoms with Gasteiger partial charge in [-0.05, 0) is 6.42 Å². The first-order chi connectivity index (χ1) is 5.66. The van der Waals surface area contributed by atoms with Crippen LogP contribution in [-0.2, 0) is 20.5 Å². The maximum absolute atomic E-state index is 2.27. The van der Waals surface area contributed by atoms with Crippen LogP contribution in [0.5, 0.6) is 0 Å². The number of aromatic nitrogens is 2. The number of nitrogens with zero attached hydrogens (tertiary/aromatic N) is 2. The fourth-order valence-corrected chi connectivity index (χ4v) is 1.56. The van der Waals surface area contributed by atoms with Crippen LogP contribution in [0.25, 0.3) is 0 Å². The van der Waals surface area contributed by atoms with E-state index in [-0.39, 0.29) is 0 Å². The average molecular weight is 167 g/mol. The molecule has 0 saturated heterocycles. The first-order valence-corrected chi connectivity index (χ1v) is 4.67. The van der Waals surface area contributed by atoms with Crippen LogP contribution in [0.1, 0.15) is 31.3 Å². The third kappa shape index (κ3) is 1.68. The van der Waals surface area contributed by atoms with E-state index in [1.165, 1.54) is 30.8 Å². The van der Waals surface area contributed by atoms with Crippen molar-refractivity contribution in [3.8, 4) is 0 Å². The molecule has 0 aromatic carbocycles. The van der Waals surface area contributed by atoms with Crippen LogP contribution in [0.15, 0.2) is 6.20 Å². The van der Waals surface area contributed by atoms with Crippen molar-refractivity contribution in [1.82, 2.24) is 4.57 Å². The first-order valence-electron chi connectivity index (χ1n) is 4.67. The van der Waals surface area contributed by atoms with E-state index >= 15 is 0 Å². The summed E-state index contributed by atoms with van der Waals surface area (Å²) >= 11 is 0. The average Bonchev–Trinajstić information content (AvgIpc) is 2.25. The fraction of sp³-hybridized carbons (Fsp3) is 0.700. The lowest BCUT2D eigenvalue weighted by molar-refractivity contribution is -0.678. The molecule has 2 nitrogen and oxygen atoms in total. The summed E-state index contributed by atoms with van der Waals surface area (Å²) in [5, 5.41) is 0. The molecule has 12 heavy (non-hydrogen) atoms. The zero-order valence-electron chi connectivity index (χ0n) is 8.59. The Morgan fingerprint density at radius 3 is 2.58 bits per heavy atom. The minimum atomic E-state index is 1.19. The first kappa shape index (κ1) is 9.30. The second kappa shape index (κ2) is 3.74. The molecule has 0 amide bonds. The van der Waals surface area contributed by atoms with Crippen molar-refractivity contribution in [2.24, 2.45) is 14.1 Å². The molecule has 0 fully saturated rings. The molecule has 0 radical (unpaired) electrons. The van der Waals surface area contributed by atoms with Gasteiger partial charge in [-0.1, -0.05) is 13.3 Å². The van der Waals surface area contributed by atoms with Crippen LogP contribution in [0.4, 0.5) is 0 Å². The molecule has 1 aromatic heterocycles. The molecule has 0 N–H and O–H groups in total. The molecular formula is C10H19N2+. The Morgan fingerprint density at radius 2 is 2.17 bits per heavy atom. The standard InChI is InChI=1S/C10H19N2/c1-5-6-7-10-11(3)8-9(2)12(10)4/h8H,5-7H2,1-4H3/q+1. The van der Waals surface area contributed by atoms with E-state index < -0.39 is 0 Å². The second-order valence-corrected chi connectivity index (χ2v) is 3.46.